The Kier molecular flexibility index (Phi) is 10.5. The highest BCUT2D eigenvalue weighted by atomic mass is 127. The fourth-order valence-corrected chi connectivity index (χ4v) is 3.69. The SMILES string of the molecule is Cl.Ic1ccc(OC2CNC2)nc1.O=C(Cc1cccnc1)N1CC(Oc2ccc(I)cn2)C1. The topological polar surface area (TPSA) is 89.5 Å². The van der Waals surface area contributed by atoms with Gasteiger partial charge in [0.15, 0.2) is 0 Å². The molecule has 5 heterocycles. The highest BCUT2D eigenvalue weighted by Crippen LogP contribution is 2.18. The number of likely N-dealkylation sites (tertiary alicyclic amines) is 1. The minimum atomic E-state index is 0. The van der Waals surface area contributed by atoms with Crippen LogP contribution >= 0.6 is 57.6 Å². The maximum absolute atomic E-state index is 12.1. The van der Waals surface area contributed by atoms with Crippen LogP contribution in [0.15, 0.2) is 61.2 Å². The molecule has 0 saturated carbocycles. The number of carbonyl (C=O) groups excluding carboxylic acids is 1. The lowest BCUT2D eigenvalue weighted by Gasteiger charge is -2.38. The summed E-state index contributed by atoms with van der Waals surface area (Å²) in [6, 6.07) is 11.4. The number of hydrogen-bond acceptors (Lipinski definition) is 7. The molecule has 2 aliphatic heterocycles. The maximum atomic E-state index is 12.1. The summed E-state index contributed by atoms with van der Waals surface area (Å²) in [5.74, 6) is 1.44. The Bertz CT molecular complexity index is 1030. The first-order chi connectivity index (χ1) is 16.0. The minimum Gasteiger partial charge on any atom is -0.472 e. The molecule has 1 amide bonds. The summed E-state index contributed by atoms with van der Waals surface area (Å²) in [7, 11) is 0. The molecule has 2 aliphatic rings. The lowest BCUT2D eigenvalue weighted by molar-refractivity contribution is -0.139. The Labute approximate surface area is 231 Å². The molecule has 0 spiro atoms. The van der Waals surface area contributed by atoms with Crippen molar-refractivity contribution in [2.24, 2.45) is 0 Å². The molecule has 2 saturated heterocycles. The van der Waals surface area contributed by atoms with Gasteiger partial charge in [0.25, 0.3) is 0 Å². The monoisotopic (exact) mass is 707 g/mol. The third-order valence-electron chi connectivity index (χ3n) is 5.00. The second kappa shape index (κ2) is 13.4. The summed E-state index contributed by atoms with van der Waals surface area (Å²) in [4.78, 5) is 26.2. The average molecular weight is 708 g/mol. The summed E-state index contributed by atoms with van der Waals surface area (Å²) in [6.07, 6.45) is 7.74. The molecule has 0 aromatic carbocycles. The van der Waals surface area contributed by atoms with E-state index in [1.807, 2.05) is 42.6 Å². The molecule has 0 radical (unpaired) electrons. The van der Waals surface area contributed by atoms with Crippen LogP contribution < -0.4 is 14.8 Å². The highest BCUT2D eigenvalue weighted by molar-refractivity contribution is 14.1. The van der Waals surface area contributed by atoms with Gasteiger partial charge >= 0.3 is 0 Å². The lowest BCUT2D eigenvalue weighted by atomic mass is 10.1. The Morgan fingerprint density at radius 2 is 1.56 bits per heavy atom. The molecule has 34 heavy (non-hydrogen) atoms. The Balaban J connectivity index is 0.000000212. The van der Waals surface area contributed by atoms with Crippen LogP contribution in [-0.2, 0) is 11.2 Å². The molecule has 0 bridgehead atoms. The molecule has 0 aliphatic carbocycles. The van der Waals surface area contributed by atoms with Crippen LogP contribution in [0.1, 0.15) is 5.56 Å². The van der Waals surface area contributed by atoms with Gasteiger partial charge in [-0.3, -0.25) is 9.78 Å². The van der Waals surface area contributed by atoms with Crippen molar-refractivity contribution in [2.75, 3.05) is 26.2 Å². The summed E-state index contributed by atoms with van der Waals surface area (Å²) in [5.41, 5.74) is 0.936. The predicted octanol–water partition coefficient (Wildman–Crippen LogP) is 3.37. The number of ether oxygens (including phenoxy) is 2. The van der Waals surface area contributed by atoms with E-state index in [2.05, 4.69) is 65.5 Å². The number of hydrogen-bond donors (Lipinski definition) is 1. The number of halogens is 3. The first kappa shape index (κ1) is 26.8. The molecule has 11 heteroatoms. The van der Waals surface area contributed by atoms with Gasteiger partial charge in [-0.25, -0.2) is 9.97 Å². The third-order valence-corrected chi connectivity index (χ3v) is 6.27. The van der Waals surface area contributed by atoms with Gasteiger partial charge in [0.2, 0.25) is 17.7 Å². The van der Waals surface area contributed by atoms with Gasteiger partial charge in [-0.15, -0.1) is 12.4 Å². The number of nitrogens with zero attached hydrogens (tertiary/aromatic N) is 4. The Hall–Kier alpha value is -1.77. The summed E-state index contributed by atoms with van der Waals surface area (Å²) < 4.78 is 13.4. The molecule has 180 valence electrons. The molecule has 3 aromatic rings. The van der Waals surface area contributed by atoms with Gasteiger partial charge in [0.05, 0.1) is 19.5 Å². The molecule has 5 rings (SSSR count). The van der Waals surface area contributed by atoms with E-state index in [0.29, 0.717) is 31.5 Å². The number of aromatic nitrogens is 3. The van der Waals surface area contributed by atoms with E-state index in [0.717, 1.165) is 31.7 Å². The zero-order valence-electron chi connectivity index (χ0n) is 18.1. The molecule has 1 N–H and O–H groups in total. The zero-order valence-corrected chi connectivity index (χ0v) is 23.3. The van der Waals surface area contributed by atoms with Gasteiger partial charge in [0, 0.05) is 57.1 Å². The van der Waals surface area contributed by atoms with Crippen LogP contribution in [0, 0.1) is 7.14 Å². The van der Waals surface area contributed by atoms with Crippen LogP contribution in [0.2, 0.25) is 0 Å². The van der Waals surface area contributed by atoms with Crippen LogP contribution in [-0.4, -0.2) is 64.1 Å². The summed E-state index contributed by atoms with van der Waals surface area (Å²) >= 11 is 4.42. The standard InChI is InChI=1S/C15H14IN3O2.C8H9IN2O.ClH/c16-12-3-4-14(18-8-12)21-13-9-19(10-13)15(20)6-11-2-1-5-17-7-11;9-6-1-2-8(11-3-6)12-7-4-10-5-7;/h1-5,7-8,13H,6,9-10H2;1-3,7,10H,4-5H2;1H. The smallest absolute Gasteiger partial charge is 0.227 e. The van der Waals surface area contributed by atoms with Crippen molar-refractivity contribution in [3.63, 3.8) is 0 Å². The molecular formula is C23H24ClI2N5O3. The minimum absolute atomic E-state index is 0. The van der Waals surface area contributed by atoms with E-state index in [1.165, 1.54) is 0 Å². The molecule has 0 unspecified atom stereocenters. The van der Waals surface area contributed by atoms with Crippen LogP contribution in [0.3, 0.4) is 0 Å². The molecular weight excluding hydrogens is 684 g/mol. The lowest BCUT2D eigenvalue weighted by Crippen LogP contribution is -2.56. The van der Waals surface area contributed by atoms with Gasteiger partial charge < -0.3 is 19.7 Å². The van der Waals surface area contributed by atoms with Gasteiger partial charge in [-0.05, 0) is 68.9 Å². The number of pyridine rings is 3. The number of amides is 1. The average Bonchev–Trinajstić information content (AvgIpc) is 2.76. The van der Waals surface area contributed by atoms with E-state index in [-0.39, 0.29) is 24.4 Å². The van der Waals surface area contributed by atoms with Crippen molar-refractivity contribution in [1.29, 1.82) is 0 Å². The molecule has 3 aromatic heterocycles. The van der Waals surface area contributed by atoms with Crippen molar-refractivity contribution < 1.29 is 14.3 Å². The fraction of sp³-hybridized carbons (Fsp3) is 0.304. The maximum Gasteiger partial charge on any atom is 0.227 e. The second-order valence-corrected chi connectivity index (χ2v) is 10.1. The van der Waals surface area contributed by atoms with Gasteiger partial charge in [-0.1, -0.05) is 6.07 Å². The summed E-state index contributed by atoms with van der Waals surface area (Å²) in [5, 5.41) is 3.14. The third kappa shape index (κ3) is 8.17. The van der Waals surface area contributed by atoms with Crippen molar-refractivity contribution in [3.05, 3.63) is 73.9 Å². The largest absolute Gasteiger partial charge is 0.472 e. The second-order valence-electron chi connectivity index (χ2n) is 7.60. The predicted molar refractivity (Wildman–Crippen MR) is 147 cm³/mol. The van der Waals surface area contributed by atoms with E-state index in [9.17, 15) is 4.79 Å². The summed E-state index contributed by atoms with van der Waals surface area (Å²) in [6.45, 7) is 3.11. The van der Waals surface area contributed by atoms with E-state index in [4.69, 9.17) is 9.47 Å². The molecule has 0 atom stereocenters. The van der Waals surface area contributed by atoms with Crippen molar-refractivity contribution >= 4 is 63.5 Å². The van der Waals surface area contributed by atoms with E-state index >= 15 is 0 Å². The van der Waals surface area contributed by atoms with Crippen molar-refractivity contribution in [2.45, 2.75) is 18.6 Å². The molecule has 8 nitrogen and oxygen atoms in total. The van der Waals surface area contributed by atoms with E-state index in [1.54, 1.807) is 23.5 Å². The quantitative estimate of drug-likeness (QED) is 0.394. The number of rotatable bonds is 6. The first-order valence-corrected chi connectivity index (χ1v) is 12.6. The normalized spacial score (nSPS) is 15.1. The first-order valence-electron chi connectivity index (χ1n) is 10.5. The van der Waals surface area contributed by atoms with Gasteiger partial charge in [-0.2, -0.15) is 0 Å². The van der Waals surface area contributed by atoms with Crippen LogP contribution in [0.4, 0.5) is 0 Å². The number of nitrogens with one attached hydrogen (secondary N) is 1. The molecule has 2 fully saturated rings. The Morgan fingerprint density at radius 1 is 0.941 bits per heavy atom. The van der Waals surface area contributed by atoms with Crippen molar-refractivity contribution in [1.82, 2.24) is 25.2 Å². The van der Waals surface area contributed by atoms with Crippen LogP contribution in [0.25, 0.3) is 0 Å². The van der Waals surface area contributed by atoms with Gasteiger partial charge in [0.1, 0.15) is 12.2 Å². The highest BCUT2D eigenvalue weighted by Gasteiger charge is 2.32. The van der Waals surface area contributed by atoms with Crippen LogP contribution in [0.5, 0.6) is 11.8 Å². The fourth-order valence-electron chi connectivity index (χ4n) is 3.06. The zero-order chi connectivity index (χ0) is 23.0. The number of carbonyl (C=O) groups is 1. The Morgan fingerprint density at radius 3 is 2.03 bits per heavy atom. The van der Waals surface area contributed by atoms with Crippen molar-refractivity contribution in [3.8, 4) is 11.8 Å². The van der Waals surface area contributed by atoms with E-state index < -0.39 is 0 Å².